The average Bonchev–Trinajstić information content (AvgIpc) is 2.72. The van der Waals surface area contributed by atoms with E-state index < -0.39 is 12.1 Å². The van der Waals surface area contributed by atoms with Gasteiger partial charge >= 0.3 is 12.1 Å². The number of methoxy groups -OCH3 is 2. The van der Waals surface area contributed by atoms with Crippen molar-refractivity contribution in [2.75, 3.05) is 20.8 Å². The fourth-order valence-electron chi connectivity index (χ4n) is 2.21. The van der Waals surface area contributed by atoms with Gasteiger partial charge in [-0.05, 0) is 23.8 Å². The van der Waals surface area contributed by atoms with Crippen molar-refractivity contribution < 1.29 is 23.8 Å². The van der Waals surface area contributed by atoms with Crippen molar-refractivity contribution in [2.45, 2.75) is 13.0 Å². The van der Waals surface area contributed by atoms with Crippen molar-refractivity contribution in [3.63, 3.8) is 0 Å². The number of nitrogens with one attached hydrogen (secondary N) is 1. The molecule has 6 nitrogen and oxygen atoms in total. The summed E-state index contributed by atoms with van der Waals surface area (Å²) in [6, 6.07) is 14.4. The quantitative estimate of drug-likeness (QED) is 0.482. The number of benzene rings is 2. The van der Waals surface area contributed by atoms with Crippen LogP contribution < -0.4 is 10.1 Å². The second kappa shape index (κ2) is 10.5. The summed E-state index contributed by atoms with van der Waals surface area (Å²) in [4.78, 5) is 23.2. The minimum Gasteiger partial charge on any atom is -0.496 e. The molecule has 0 unspecified atom stereocenters. The maximum Gasteiger partial charge on any atom is 0.407 e. The van der Waals surface area contributed by atoms with Crippen molar-refractivity contribution in [2.24, 2.45) is 0 Å². The van der Waals surface area contributed by atoms with Crippen LogP contribution in [-0.2, 0) is 16.1 Å². The summed E-state index contributed by atoms with van der Waals surface area (Å²) < 4.78 is 15.0. The van der Waals surface area contributed by atoms with E-state index >= 15 is 0 Å². The van der Waals surface area contributed by atoms with Crippen LogP contribution in [0.5, 0.6) is 5.75 Å². The Balaban J connectivity index is 1.78. The molecule has 0 saturated carbocycles. The zero-order valence-corrected chi connectivity index (χ0v) is 15.3. The number of amides is 1. The van der Waals surface area contributed by atoms with Crippen molar-refractivity contribution in [3.05, 3.63) is 65.2 Å². The van der Waals surface area contributed by atoms with Gasteiger partial charge in [0, 0.05) is 18.5 Å². The molecule has 0 aliphatic rings. The fourth-order valence-corrected chi connectivity index (χ4v) is 2.21. The monoisotopic (exact) mass is 367 g/mol. The van der Waals surface area contributed by atoms with E-state index in [1.165, 1.54) is 14.2 Å². The van der Waals surface area contributed by atoms with Crippen LogP contribution in [0.2, 0.25) is 0 Å². The van der Waals surface area contributed by atoms with Gasteiger partial charge in [-0.1, -0.05) is 42.2 Å². The first-order valence-electron chi connectivity index (χ1n) is 8.34. The van der Waals surface area contributed by atoms with Crippen molar-refractivity contribution >= 4 is 12.1 Å². The van der Waals surface area contributed by atoms with E-state index in [-0.39, 0.29) is 6.61 Å². The minimum atomic E-state index is -0.482. The minimum absolute atomic E-state index is 0.227. The van der Waals surface area contributed by atoms with Gasteiger partial charge in [0.2, 0.25) is 0 Å². The molecule has 0 heterocycles. The van der Waals surface area contributed by atoms with Crippen LogP contribution in [0.15, 0.2) is 48.5 Å². The summed E-state index contributed by atoms with van der Waals surface area (Å²) in [6.07, 6.45) is -0.0219. The lowest BCUT2D eigenvalue weighted by Crippen LogP contribution is -2.24. The highest BCUT2D eigenvalue weighted by Gasteiger charge is 2.12. The summed E-state index contributed by atoms with van der Waals surface area (Å²) in [5.41, 5.74) is 1.97. The summed E-state index contributed by atoms with van der Waals surface area (Å²) in [5, 5.41) is 2.64. The van der Waals surface area contributed by atoms with Gasteiger partial charge in [-0.2, -0.15) is 0 Å². The Hall–Kier alpha value is -3.46. The fraction of sp³-hybridized carbons (Fsp3) is 0.238. The first-order chi connectivity index (χ1) is 13.1. The van der Waals surface area contributed by atoms with E-state index in [0.29, 0.717) is 29.8 Å². The Morgan fingerprint density at radius 3 is 2.56 bits per heavy atom. The van der Waals surface area contributed by atoms with Crippen LogP contribution in [0, 0.1) is 11.8 Å². The second-order valence-corrected chi connectivity index (χ2v) is 5.45. The van der Waals surface area contributed by atoms with E-state index in [1.807, 2.05) is 30.3 Å². The second-order valence-electron chi connectivity index (χ2n) is 5.45. The largest absolute Gasteiger partial charge is 0.496 e. The molecule has 6 heteroatoms. The molecule has 140 valence electrons. The standard InChI is InChI=1S/C21H21NO5/c1-25-19-14-16(11-12-18(19)20(23)26-2)8-6-7-13-22-21(24)27-15-17-9-4-3-5-10-17/h3-5,9-12,14H,7,13,15H2,1-2H3,(H,22,24). The van der Waals surface area contributed by atoms with Crippen LogP contribution in [-0.4, -0.2) is 32.8 Å². The van der Waals surface area contributed by atoms with Gasteiger partial charge in [0.1, 0.15) is 17.9 Å². The Labute approximate surface area is 158 Å². The normalized spacial score (nSPS) is 9.56. The molecule has 0 spiro atoms. The highest BCUT2D eigenvalue weighted by molar-refractivity contribution is 5.92. The molecule has 1 amide bonds. The number of rotatable bonds is 6. The number of esters is 1. The van der Waals surface area contributed by atoms with E-state index in [2.05, 4.69) is 17.2 Å². The van der Waals surface area contributed by atoms with Gasteiger partial charge in [-0.25, -0.2) is 9.59 Å². The molecule has 0 radical (unpaired) electrons. The Bertz CT molecular complexity index is 837. The highest BCUT2D eigenvalue weighted by Crippen LogP contribution is 2.20. The molecule has 2 aromatic carbocycles. The third-order valence-corrected chi connectivity index (χ3v) is 3.57. The predicted octanol–water partition coefficient (Wildman–Crippen LogP) is 3.15. The highest BCUT2D eigenvalue weighted by atomic mass is 16.5. The zero-order chi connectivity index (χ0) is 19.5. The summed E-state index contributed by atoms with van der Waals surface area (Å²) in [7, 11) is 2.79. The third kappa shape index (κ3) is 6.40. The van der Waals surface area contributed by atoms with E-state index in [9.17, 15) is 9.59 Å². The van der Waals surface area contributed by atoms with Crippen molar-refractivity contribution in [1.82, 2.24) is 5.32 Å². The van der Waals surface area contributed by atoms with E-state index in [0.717, 1.165) is 5.56 Å². The Morgan fingerprint density at radius 2 is 1.85 bits per heavy atom. The van der Waals surface area contributed by atoms with Crippen molar-refractivity contribution in [3.8, 4) is 17.6 Å². The maximum atomic E-state index is 11.6. The van der Waals surface area contributed by atoms with E-state index in [1.54, 1.807) is 18.2 Å². The molecule has 2 aromatic rings. The van der Waals surface area contributed by atoms with Gasteiger partial charge in [-0.3, -0.25) is 0 Å². The number of hydrogen-bond donors (Lipinski definition) is 1. The number of carbonyl (C=O) groups excluding carboxylic acids is 2. The molecule has 27 heavy (non-hydrogen) atoms. The molecule has 0 aromatic heterocycles. The predicted molar refractivity (Wildman–Crippen MR) is 100 cm³/mol. The molecule has 1 N–H and O–H groups in total. The van der Waals surface area contributed by atoms with Crippen molar-refractivity contribution in [1.29, 1.82) is 0 Å². The van der Waals surface area contributed by atoms with E-state index in [4.69, 9.17) is 14.2 Å². The first-order valence-corrected chi connectivity index (χ1v) is 8.34. The first kappa shape index (κ1) is 19.9. The summed E-state index contributed by atoms with van der Waals surface area (Å²) in [5.74, 6) is 5.85. The van der Waals surface area contributed by atoms with Crippen LogP contribution in [0.25, 0.3) is 0 Å². The topological polar surface area (TPSA) is 73.9 Å². The molecule has 0 aliphatic carbocycles. The van der Waals surface area contributed by atoms with Crippen LogP contribution in [0.1, 0.15) is 27.9 Å². The number of hydrogen-bond acceptors (Lipinski definition) is 5. The third-order valence-electron chi connectivity index (χ3n) is 3.57. The lowest BCUT2D eigenvalue weighted by molar-refractivity contribution is 0.0597. The van der Waals surface area contributed by atoms with Crippen LogP contribution in [0.4, 0.5) is 4.79 Å². The lowest BCUT2D eigenvalue weighted by Gasteiger charge is -2.06. The summed E-state index contributed by atoms with van der Waals surface area (Å²) in [6.45, 7) is 0.600. The SMILES string of the molecule is COC(=O)c1ccc(C#CCCNC(=O)OCc2ccccc2)cc1OC. The maximum absolute atomic E-state index is 11.6. The molecular formula is C21H21NO5. The van der Waals surface area contributed by atoms with Gasteiger partial charge in [0.15, 0.2) is 0 Å². The number of alkyl carbamates (subject to hydrolysis) is 1. The molecule has 0 bridgehead atoms. The van der Waals surface area contributed by atoms with Gasteiger partial charge in [0.05, 0.1) is 14.2 Å². The van der Waals surface area contributed by atoms with Gasteiger partial charge < -0.3 is 19.5 Å². The average molecular weight is 367 g/mol. The molecular weight excluding hydrogens is 346 g/mol. The smallest absolute Gasteiger partial charge is 0.407 e. The van der Waals surface area contributed by atoms with Crippen LogP contribution >= 0.6 is 0 Å². The molecule has 0 saturated heterocycles. The number of ether oxygens (including phenoxy) is 3. The summed E-state index contributed by atoms with van der Waals surface area (Å²) >= 11 is 0. The van der Waals surface area contributed by atoms with Gasteiger partial charge in [-0.15, -0.1) is 0 Å². The van der Waals surface area contributed by atoms with Gasteiger partial charge in [0.25, 0.3) is 0 Å². The number of carbonyl (C=O) groups is 2. The van der Waals surface area contributed by atoms with Crippen LogP contribution in [0.3, 0.4) is 0 Å². The zero-order valence-electron chi connectivity index (χ0n) is 15.3. The molecule has 0 atom stereocenters. The lowest BCUT2D eigenvalue weighted by atomic mass is 10.1. The molecule has 0 fully saturated rings. The Kier molecular flexibility index (Phi) is 7.73. The Morgan fingerprint density at radius 1 is 1.07 bits per heavy atom. The molecule has 0 aliphatic heterocycles. The molecule has 2 rings (SSSR count).